The molecule has 0 aliphatic rings. The predicted molar refractivity (Wildman–Crippen MR) is 98.1 cm³/mol. The topological polar surface area (TPSA) is 64.6 Å². The molecular formula is C19H18ClNO4. The Hall–Kier alpha value is -2.79. The number of esters is 1. The van der Waals surface area contributed by atoms with Crippen molar-refractivity contribution in [1.29, 1.82) is 0 Å². The third-order valence-electron chi connectivity index (χ3n) is 3.27. The standard InChI is InChI=1S/C19H18ClNO4/c1-3-25-17-7-5-4-6-13(17)8-11-18(22)21-14-9-10-16(20)15(12-14)19(23)24-2/h4-12H,3H2,1-2H3,(H,21,22)/b11-8+. The molecule has 0 heterocycles. The highest BCUT2D eigenvalue weighted by Gasteiger charge is 2.12. The zero-order chi connectivity index (χ0) is 18.2. The van der Waals surface area contributed by atoms with E-state index in [1.165, 1.54) is 25.3 Å². The van der Waals surface area contributed by atoms with Crippen molar-refractivity contribution in [3.8, 4) is 5.75 Å². The highest BCUT2D eigenvalue weighted by Crippen LogP contribution is 2.22. The van der Waals surface area contributed by atoms with Crippen molar-refractivity contribution >= 4 is 35.2 Å². The summed E-state index contributed by atoms with van der Waals surface area (Å²) in [5, 5.41) is 2.93. The minimum atomic E-state index is -0.567. The Labute approximate surface area is 151 Å². The first-order valence-electron chi connectivity index (χ1n) is 7.64. The predicted octanol–water partition coefficient (Wildman–Crippen LogP) is 4.18. The van der Waals surface area contributed by atoms with Gasteiger partial charge in [-0.25, -0.2) is 4.79 Å². The smallest absolute Gasteiger partial charge is 0.339 e. The SMILES string of the molecule is CCOc1ccccc1/C=C/C(=O)Nc1ccc(Cl)c(C(=O)OC)c1. The van der Waals surface area contributed by atoms with Crippen LogP contribution in [0, 0.1) is 0 Å². The molecule has 2 rings (SSSR count). The lowest BCUT2D eigenvalue weighted by atomic mass is 10.1. The molecule has 0 fully saturated rings. The second-order valence-corrected chi connectivity index (χ2v) is 5.39. The van der Waals surface area contributed by atoms with Crippen molar-refractivity contribution in [2.45, 2.75) is 6.92 Å². The number of carbonyl (C=O) groups excluding carboxylic acids is 2. The van der Waals surface area contributed by atoms with E-state index in [-0.39, 0.29) is 16.5 Å². The molecular weight excluding hydrogens is 342 g/mol. The molecule has 0 aliphatic carbocycles. The first kappa shape index (κ1) is 18.5. The van der Waals surface area contributed by atoms with E-state index in [0.717, 1.165) is 5.56 Å². The molecule has 130 valence electrons. The van der Waals surface area contributed by atoms with Crippen molar-refractivity contribution < 1.29 is 19.1 Å². The van der Waals surface area contributed by atoms with Crippen LogP contribution in [0.2, 0.25) is 5.02 Å². The van der Waals surface area contributed by atoms with Crippen LogP contribution in [0.1, 0.15) is 22.8 Å². The van der Waals surface area contributed by atoms with Crippen LogP contribution in [0.25, 0.3) is 6.08 Å². The lowest BCUT2D eigenvalue weighted by molar-refractivity contribution is -0.111. The fraction of sp³-hybridized carbons (Fsp3) is 0.158. The van der Waals surface area contributed by atoms with Gasteiger partial charge in [0.1, 0.15) is 5.75 Å². The molecule has 6 heteroatoms. The van der Waals surface area contributed by atoms with Crippen LogP contribution in [-0.4, -0.2) is 25.6 Å². The zero-order valence-corrected chi connectivity index (χ0v) is 14.7. The third-order valence-corrected chi connectivity index (χ3v) is 3.60. The van der Waals surface area contributed by atoms with Gasteiger partial charge < -0.3 is 14.8 Å². The molecule has 1 N–H and O–H groups in total. The van der Waals surface area contributed by atoms with Crippen molar-refractivity contribution in [3.05, 3.63) is 64.7 Å². The minimum absolute atomic E-state index is 0.188. The molecule has 0 saturated heterocycles. The summed E-state index contributed by atoms with van der Waals surface area (Å²) >= 11 is 5.95. The molecule has 0 saturated carbocycles. The van der Waals surface area contributed by atoms with Crippen molar-refractivity contribution in [2.75, 3.05) is 19.0 Å². The lowest BCUT2D eigenvalue weighted by Crippen LogP contribution is -2.09. The number of methoxy groups -OCH3 is 1. The number of carbonyl (C=O) groups is 2. The molecule has 2 aromatic carbocycles. The summed E-state index contributed by atoms with van der Waals surface area (Å²) in [6.45, 7) is 2.44. The molecule has 0 aromatic heterocycles. The summed E-state index contributed by atoms with van der Waals surface area (Å²) < 4.78 is 10.2. The maximum absolute atomic E-state index is 12.1. The molecule has 0 atom stereocenters. The number of hydrogen-bond acceptors (Lipinski definition) is 4. The van der Waals surface area contributed by atoms with Gasteiger partial charge in [0, 0.05) is 17.3 Å². The molecule has 0 aliphatic heterocycles. The van der Waals surface area contributed by atoms with Crippen molar-refractivity contribution in [1.82, 2.24) is 0 Å². The van der Waals surface area contributed by atoms with Crippen LogP contribution in [0.3, 0.4) is 0 Å². The van der Waals surface area contributed by atoms with E-state index in [1.54, 1.807) is 12.1 Å². The van der Waals surface area contributed by atoms with Gasteiger partial charge in [0.15, 0.2) is 0 Å². The number of anilines is 1. The maximum atomic E-state index is 12.1. The molecule has 0 bridgehead atoms. The van der Waals surface area contributed by atoms with E-state index >= 15 is 0 Å². The second kappa shape index (κ2) is 8.89. The Kier molecular flexibility index (Phi) is 6.60. The molecule has 0 radical (unpaired) electrons. The number of hydrogen-bond donors (Lipinski definition) is 1. The van der Waals surface area contributed by atoms with Gasteiger partial charge in [0.25, 0.3) is 0 Å². The van der Waals surface area contributed by atoms with Gasteiger partial charge in [-0.2, -0.15) is 0 Å². The molecule has 0 spiro atoms. The Bertz CT molecular complexity index is 802. The molecule has 0 unspecified atom stereocenters. The van der Waals surface area contributed by atoms with Gasteiger partial charge in [-0.05, 0) is 37.3 Å². The number of rotatable bonds is 6. The summed E-state index contributed by atoms with van der Waals surface area (Å²) in [5.74, 6) is -0.208. The van der Waals surface area contributed by atoms with E-state index in [0.29, 0.717) is 18.0 Å². The number of para-hydroxylation sites is 1. The first-order chi connectivity index (χ1) is 12.0. The van der Waals surface area contributed by atoms with Crippen molar-refractivity contribution in [3.63, 3.8) is 0 Å². The number of benzene rings is 2. The average Bonchev–Trinajstić information content (AvgIpc) is 2.62. The number of ether oxygens (including phenoxy) is 2. The molecule has 25 heavy (non-hydrogen) atoms. The molecule has 5 nitrogen and oxygen atoms in total. The third kappa shape index (κ3) is 5.09. The number of amides is 1. The average molecular weight is 360 g/mol. The van der Waals surface area contributed by atoms with Crippen LogP contribution in [0.15, 0.2) is 48.5 Å². The van der Waals surface area contributed by atoms with Gasteiger partial charge in [-0.1, -0.05) is 29.8 Å². The van der Waals surface area contributed by atoms with E-state index < -0.39 is 5.97 Å². The fourth-order valence-corrected chi connectivity index (χ4v) is 2.32. The minimum Gasteiger partial charge on any atom is -0.493 e. The summed E-state index contributed by atoms with van der Waals surface area (Å²) in [7, 11) is 1.27. The fourth-order valence-electron chi connectivity index (χ4n) is 2.12. The van der Waals surface area contributed by atoms with E-state index in [9.17, 15) is 9.59 Å². The van der Waals surface area contributed by atoms with Gasteiger partial charge in [-0.3, -0.25) is 4.79 Å². The largest absolute Gasteiger partial charge is 0.493 e. The number of nitrogens with one attached hydrogen (secondary N) is 1. The summed E-state index contributed by atoms with van der Waals surface area (Å²) in [6, 6.07) is 12.0. The summed E-state index contributed by atoms with van der Waals surface area (Å²) in [4.78, 5) is 23.7. The summed E-state index contributed by atoms with van der Waals surface area (Å²) in [6.07, 6.45) is 3.06. The number of halogens is 1. The van der Waals surface area contributed by atoms with E-state index in [2.05, 4.69) is 10.1 Å². The van der Waals surface area contributed by atoms with Crippen LogP contribution >= 0.6 is 11.6 Å². The van der Waals surface area contributed by atoms with Gasteiger partial charge >= 0.3 is 5.97 Å². The molecule has 2 aromatic rings. The van der Waals surface area contributed by atoms with Crippen LogP contribution in [0.5, 0.6) is 5.75 Å². The Morgan fingerprint density at radius 1 is 1.20 bits per heavy atom. The normalized spacial score (nSPS) is 10.5. The highest BCUT2D eigenvalue weighted by atomic mass is 35.5. The van der Waals surface area contributed by atoms with Crippen LogP contribution in [-0.2, 0) is 9.53 Å². The Morgan fingerprint density at radius 2 is 1.96 bits per heavy atom. The zero-order valence-electron chi connectivity index (χ0n) is 13.9. The van der Waals surface area contributed by atoms with Gasteiger partial charge in [-0.15, -0.1) is 0 Å². The van der Waals surface area contributed by atoms with Gasteiger partial charge in [0.05, 0.1) is 24.3 Å². The van der Waals surface area contributed by atoms with Crippen molar-refractivity contribution in [2.24, 2.45) is 0 Å². The van der Waals surface area contributed by atoms with E-state index in [1.807, 2.05) is 31.2 Å². The second-order valence-electron chi connectivity index (χ2n) is 4.98. The quantitative estimate of drug-likeness (QED) is 0.620. The summed E-state index contributed by atoms with van der Waals surface area (Å²) in [5.41, 5.74) is 1.43. The molecule has 1 amide bonds. The maximum Gasteiger partial charge on any atom is 0.339 e. The van der Waals surface area contributed by atoms with Crippen LogP contribution < -0.4 is 10.1 Å². The van der Waals surface area contributed by atoms with E-state index in [4.69, 9.17) is 16.3 Å². The monoisotopic (exact) mass is 359 g/mol. The first-order valence-corrected chi connectivity index (χ1v) is 8.01. The van der Waals surface area contributed by atoms with Crippen LogP contribution in [0.4, 0.5) is 5.69 Å². The Morgan fingerprint density at radius 3 is 2.68 bits per heavy atom. The lowest BCUT2D eigenvalue weighted by Gasteiger charge is -2.07. The highest BCUT2D eigenvalue weighted by molar-refractivity contribution is 6.33. The van der Waals surface area contributed by atoms with Gasteiger partial charge in [0.2, 0.25) is 5.91 Å². The Balaban J connectivity index is 2.12.